The highest BCUT2D eigenvalue weighted by Crippen LogP contribution is 2.27. The van der Waals surface area contributed by atoms with Crippen molar-refractivity contribution < 1.29 is 19.0 Å². The molecule has 1 aromatic rings. The summed E-state index contributed by atoms with van der Waals surface area (Å²) in [5, 5.41) is 0. The van der Waals surface area contributed by atoms with Gasteiger partial charge in [0.25, 0.3) is 0 Å². The van der Waals surface area contributed by atoms with Crippen LogP contribution in [0.2, 0.25) is 0 Å². The minimum absolute atomic E-state index is 0.0832. The molecule has 0 aliphatic carbocycles. The Kier molecular flexibility index (Phi) is 5.03. The second kappa shape index (κ2) is 7.19. The topological polar surface area (TPSA) is 51.2 Å². The van der Waals surface area contributed by atoms with E-state index in [1.807, 2.05) is 41.0 Å². The highest BCUT2D eigenvalue weighted by molar-refractivity contribution is 5.75. The number of nitrogens with zero attached hydrogens (tertiary/aromatic N) is 2. The van der Waals surface area contributed by atoms with Crippen LogP contribution in [-0.2, 0) is 9.47 Å². The van der Waals surface area contributed by atoms with Crippen LogP contribution in [0.4, 0.5) is 4.79 Å². The molecule has 2 unspecified atom stereocenters. The molecule has 2 aliphatic rings. The van der Waals surface area contributed by atoms with Gasteiger partial charge in [0.1, 0.15) is 11.9 Å². The second-order valence-corrected chi connectivity index (χ2v) is 5.98. The van der Waals surface area contributed by atoms with Crippen molar-refractivity contribution in [3.05, 3.63) is 29.8 Å². The van der Waals surface area contributed by atoms with Gasteiger partial charge in [-0.05, 0) is 24.6 Å². The standard InChI is InChI=1S/C17H24N2O4/c1-13-12-23-16(14-3-5-15(21-2)6-4-14)11-19(13)17(20)18-7-9-22-10-8-18/h3-6,13,16H,7-12H2,1-2H3. The summed E-state index contributed by atoms with van der Waals surface area (Å²) < 4.78 is 16.5. The fraction of sp³-hybridized carbons (Fsp3) is 0.588. The molecule has 6 heteroatoms. The summed E-state index contributed by atoms with van der Waals surface area (Å²) >= 11 is 0. The highest BCUT2D eigenvalue weighted by Gasteiger charge is 2.33. The first-order chi connectivity index (χ1) is 11.2. The van der Waals surface area contributed by atoms with Crippen molar-refractivity contribution in [2.24, 2.45) is 0 Å². The zero-order chi connectivity index (χ0) is 16.2. The van der Waals surface area contributed by atoms with Gasteiger partial charge >= 0.3 is 6.03 Å². The number of carbonyl (C=O) groups excluding carboxylic acids is 1. The number of ether oxygens (including phenoxy) is 3. The predicted octanol–water partition coefficient (Wildman–Crippen LogP) is 1.91. The molecule has 2 fully saturated rings. The molecular weight excluding hydrogens is 296 g/mol. The minimum Gasteiger partial charge on any atom is -0.497 e. The molecule has 0 aromatic heterocycles. The largest absolute Gasteiger partial charge is 0.497 e. The molecule has 3 rings (SSSR count). The van der Waals surface area contributed by atoms with E-state index in [0.717, 1.165) is 11.3 Å². The molecule has 6 nitrogen and oxygen atoms in total. The van der Waals surface area contributed by atoms with Crippen LogP contribution < -0.4 is 4.74 Å². The van der Waals surface area contributed by atoms with Gasteiger partial charge in [0, 0.05) is 13.1 Å². The van der Waals surface area contributed by atoms with Crippen molar-refractivity contribution in [1.82, 2.24) is 9.80 Å². The number of amides is 2. The molecule has 2 heterocycles. The lowest BCUT2D eigenvalue weighted by atomic mass is 10.1. The van der Waals surface area contributed by atoms with Crippen molar-refractivity contribution in [2.45, 2.75) is 19.1 Å². The van der Waals surface area contributed by atoms with Gasteiger partial charge in [-0.3, -0.25) is 0 Å². The molecule has 0 saturated carbocycles. The molecule has 0 N–H and O–H groups in total. The van der Waals surface area contributed by atoms with E-state index in [2.05, 4.69) is 0 Å². The van der Waals surface area contributed by atoms with Crippen molar-refractivity contribution in [1.29, 1.82) is 0 Å². The first-order valence-corrected chi connectivity index (χ1v) is 8.08. The van der Waals surface area contributed by atoms with Crippen LogP contribution in [0.25, 0.3) is 0 Å². The first kappa shape index (κ1) is 16.1. The van der Waals surface area contributed by atoms with Gasteiger partial charge in [0.2, 0.25) is 0 Å². The third-order valence-electron chi connectivity index (χ3n) is 4.45. The fourth-order valence-corrected chi connectivity index (χ4v) is 2.98. The third-order valence-corrected chi connectivity index (χ3v) is 4.45. The predicted molar refractivity (Wildman–Crippen MR) is 85.6 cm³/mol. The Hall–Kier alpha value is -1.79. The third kappa shape index (κ3) is 3.59. The zero-order valence-corrected chi connectivity index (χ0v) is 13.7. The summed E-state index contributed by atoms with van der Waals surface area (Å²) in [5.74, 6) is 0.819. The Morgan fingerprint density at radius 1 is 1.22 bits per heavy atom. The number of hydrogen-bond acceptors (Lipinski definition) is 4. The summed E-state index contributed by atoms with van der Waals surface area (Å²) in [6.07, 6.45) is -0.0953. The van der Waals surface area contributed by atoms with Gasteiger partial charge in [-0.15, -0.1) is 0 Å². The lowest BCUT2D eigenvalue weighted by Crippen LogP contribution is -2.55. The molecule has 0 spiro atoms. The van der Waals surface area contributed by atoms with E-state index >= 15 is 0 Å². The second-order valence-electron chi connectivity index (χ2n) is 5.98. The Balaban J connectivity index is 1.69. The van der Waals surface area contributed by atoms with Gasteiger partial charge in [-0.2, -0.15) is 0 Å². The average molecular weight is 320 g/mol. The van der Waals surface area contributed by atoms with Gasteiger partial charge in [-0.1, -0.05) is 12.1 Å². The molecule has 2 aliphatic heterocycles. The lowest BCUT2D eigenvalue weighted by molar-refractivity contribution is -0.0520. The van der Waals surface area contributed by atoms with E-state index in [-0.39, 0.29) is 18.2 Å². The smallest absolute Gasteiger partial charge is 0.320 e. The molecule has 23 heavy (non-hydrogen) atoms. The zero-order valence-electron chi connectivity index (χ0n) is 13.7. The molecule has 2 saturated heterocycles. The Morgan fingerprint density at radius 3 is 2.57 bits per heavy atom. The maximum absolute atomic E-state index is 12.8. The number of carbonyl (C=O) groups is 1. The van der Waals surface area contributed by atoms with E-state index < -0.39 is 0 Å². The number of morpholine rings is 2. The van der Waals surface area contributed by atoms with Crippen LogP contribution in [-0.4, -0.2) is 68.4 Å². The summed E-state index contributed by atoms with van der Waals surface area (Å²) in [6.45, 7) is 5.71. The quantitative estimate of drug-likeness (QED) is 0.835. The number of urea groups is 1. The van der Waals surface area contributed by atoms with Crippen LogP contribution in [0.15, 0.2) is 24.3 Å². The highest BCUT2D eigenvalue weighted by atomic mass is 16.5. The van der Waals surface area contributed by atoms with E-state index in [9.17, 15) is 4.79 Å². The molecule has 126 valence electrons. The number of benzene rings is 1. The molecule has 0 radical (unpaired) electrons. The summed E-state index contributed by atoms with van der Waals surface area (Å²) in [6, 6.07) is 8.01. The van der Waals surface area contributed by atoms with Gasteiger partial charge < -0.3 is 24.0 Å². The number of rotatable bonds is 2. The van der Waals surface area contributed by atoms with Gasteiger partial charge in [0.15, 0.2) is 0 Å². The SMILES string of the molecule is COc1ccc(C2CN(C(=O)N3CCOCC3)C(C)CO2)cc1. The van der Waals surface area contributed by atoms with E-state index in [1.54, 1.807) is 7.11 Å². The van der Waals surface area contributed by atoms with Crippen LogP contribution in [0.1, 0.15) is 18.6 Å². The number of hydrogen-bond donors (Lipinski definition) is 0. The van der Waals surface area contributed by atoms with Crippen LogP contribution >= 0.6 is 0 Å². The van der Waals surface area contributed by atoms with Crippen molar-refractivity contribution in [2.75, 3.05) is 46.6 Å². The lowest BCUT2D eigenvalue weighted by Gasteiger charge is -2.41. The fourth-order valence-electron chi connectivity index (χ4n) is 2.98. The van der Waals surface area contributed by atoms with Crippen LogP contribution in [0.3, 0.4) is 0 Å². The minimum atomic E-state index is -0.0953. The molecular formula is C17H24N2O4. The van der Waals surface area contributed by atoms with E-state index in [4.69, 9.17) is 14.2 Å². The maximum Gasteiger partial charge on any atom is 0.320 e. The normalized spacial score (nSPS) is 25.3. The summed E-state index contributed by atoms with van der Waals surface area (Å²) in [7, 11) is 1.65. The molecule has 2 atom stereocenters. The molecule has 2 amide bonds. The molecule has 1 aromatic carbocycles. The molecule has 0 bridgehead atoms. The van der Waals surface area contributed by atoms with E-state index in [1.165, 1.54) is 0 Å². The summed E-state index contributed by atoms with van der Waals surface area (Å²) in [4.78, 5) is 16.6. The first-order valence-electron chi connectivity index (χ1n) is 8.08. The van der Waals surface area contributed by atoms with Gasteiger partial charge in [0.05, 0.1) is 39.5 Å². The average Bonchev–Trinajstić information content (AvgIpc) is 2.62. The Labute approximate surface area is 136 Å². The van der Waals surface area contributed by atoms with Crippen LogP contribution in [0, 0.1) is 0 Å². The van der Waals surface area contributed by atoms with Gasteiger partial charge in [-0.25, -0.2) is 4.79 Å². The monoisotopic (exact) mass is 320 g/mol. The van der Waals surface area contributed by atoms with Crippen LogP contribution in [0.5, 0.6) is 5.75 Å². The number of methoxy groups -OCH3 is 1. The van der Waals surface area contributed by atoms with Crippen molar-refractivity contribution in [3.63, 3.8) is 0 Å². The Bertz CT molecular complexity index is 528. The van der Waals surface area contributed by atoms with Crippen molar-refractivity contribution >= 4 is 6.03 Å². The summed E-state index contributed by atoms with van der Waals surface area (Å²) in [5.41, 5.74) is 1.07. The Morgan fingerprint density at radius 2 is 1.91 bits per heavy atom. The van der Waals surface area contributed by atoms with E-state index in [0.29, 0.717) is 39.5 Å². The maximum atomic E-state index is 12.8. The van der Waals surface area contributed by atoms with Crippen molar-refractivity contribution in [3.8, 4) is 5.75 Å².